The molecule has 0 aromatic heterocycles. The van der Waals surface area contributed by atoms with Crippen molar-refractivity contribution in [2.75, 3.05) is 19.7 Å². The summed E-state index contributed by atoms with van der Waals surface area (Å²) < 4.78 is 5.77. The Labute approximate surface area is 142 Å². The van der Waals surface area contributed by atoms with Crippen LogP contribution >= 0.6 is 0 Å². The van der Waals surface area contributed by atoms with E-state index in [4.69, 9.17) is 4.74 Å². The fraction of sp³-hybridized carbons (Fsp3) is 0.579. The highest BCUT2D eigenvalue weighted by Gasteiger charge is 2.46. The van der Waals surface area contributed by atoms with Gasteiger partial charge in [-0.05, 0) is 56.6 Å². The van der Waals surface area contributed by atoms with Crippen molar-refractivity contribution in [1.82, 2.24) is 4.90 Å². The number of carbonyl (C=O) groups excluding carboxylic acids is 1. The second kappa shape index (κ2) is 6.46. The van der Waals surface area contributed by atoms with Crippen LogP contribution in [0.3, 0.4) is 0 Å². The zero-order valence-electron chi connectivity index (χ0n) is 14.5. The molecule has 0 spiro atoms. The molecule has 5 nitrogen and oxygen atoms in total. The van der Waals surface area contributed by atoms with Crippen LogP contribution in [-0.2, 0) is 9.59 Å². The van der Waals surface area contributed by atoms with Crippen LogP contribution in [0.2, 0.25) is 0 Å². The van der Waals surface area contributed by atoms with Crippen LogP contribution in [0.25, 0.3) is 0 Å². The van der Waals surface area contributed by atoms with E-state index >= 15 is 0 Å². The Kier molecular flexibility index (Phi) is 4.52. The summed E-state index contributed by atoms with van der Waals surface area (Å²) >= 11 is 0. The summed E-state index contributed by atoms with van der Waals surface area (Å²) in [5.41, 5.74) is 3.20. The monoisotopic (exact) mass is 331 g/mol. The third-order valence-electron chi connectivity index (χ3n) is 5.21. The number of rotatable bonds is 5. The van der Waals surface area contributed by atoms with Gasteiger partial charge in [0.05, 0.1) is 5.92 Å². The highest BCUT2D eigenvalue weighted by Crippen LogP contribution is 2.44. The van der Waals surface area contributed by atoms with E-state index < -0.39 is 11.9 Å². The maximum absolute atomic E-state index is 12.5. The molecule has 1 heterocycles. The number of nitrogens with zero attached hydrogens (tertiary/aromatic N) is 1. The molecule has 1 aromatic rings. The molecular formula is C19H25NO4. The number of ether oxygens (including phenoxy) is 1. The molecular weight excluding hydrogens is 306 g/mol. The van der Waals surface area contributed by atoms with E-state index in [2.05, 4.69) is 0 Å². The van der Waals surface area contributed by atoms with Crippen LogP contribution in [-0.4, -0.2) is 41.6 Å². The van der Waals surface area contributed by atoms with Gasteiger partial charge in [0.25, 0.3) is 5.91 Å². The van der Waals surface area contributed by atoms with Gasteiger partial charge in [0, 0.05) is 13.1 Å². The Balaban J connectivity index is 1.63. The fourth-order valence-corrected chi connectivity index (χ4v) is 3.92. The molecule has 0 radical (unpaired) electrons. The lowest BCUT2D eigenvalue weighted by Crippen LogP contribution is -2.34. The van der Waals surface area contributed by atoms with Gasteiger partial charge in [-0.25, -0.2) is 0 Å². The number of benzene rings is 1. The second-order valence-corrected chi connectivity index (χ2v) is 7.26. The minimum absolute atomic E-state index is 0.0333. The summed E-state index contributed by atoms with van der Waals surface area (Å²) in [4.78, 5) is 25.6. The van der Waals surface area contributed by atoms with E-state index in [1.54, 1.807) is 4.90 Å². The van der Waals surface area contributed by atoms with Gasteiger partial charge in [-0.1, -0.05) is 17.7 Å². The molecule has 0 unspecified atom stereocenters. The van der Waals surface area contributed by atoms with Crippen molar-refractivity contribution in [3.05, 3.63) is 28.8 Å². The van der Waals surface area contributed by atoms with E-state index in [1.807, 2.05) is 32.9 Å². The summed E-state index contributed by atoms with van der Waals surface area (Å²) in [5.74, 6) is 0.00351. The number of hydrogen-bond donors (Lipinski definition) is 1. The van der Waals surface area contributed by atoms with Crippen LogP contribution in [0.1, 0.15) is 29.5 Å². The lowest BCUT2D eigenvalue weighted by atomic mass is 9.92. The summed E-state index contributed by atoms with van der Waals surface area (Å²) in [6.07, 6.45) is 2.18. The molecule has 2 aliphatic rings. The van der Waals surface area contributed by atoms with Crippen LogP contribution in [0.5, 0.6) is 5.75 Å². The van der Waals surface area contributed by atoms with E-state index in [9.17, 15) is 14.7 Å². The summed E-state index contributed by atoms with van der Waals surface area (Å²) in [7, 11) is 0. The van der Waals surface area contributed by atoms with Crippen molar-refractivity contribution >= 4 is 11.9 Å². The number of carboxylic acids is 1. The van der Waals surface area contributed by atoms with Crippen LogP contribution < -0.4 is 4.74 Å². The first-order valence-electron chi connectivity index (χ1n) is 8.58. The Morgan fingerprint density at radius 1 is 1.17 bits per heavy atom. The molecule has 2 fully saturated rings. The standard InChI is InChI=1S/C19H25NO4/c1-11-6-12(2)18(13(3)7-11)24-10-17(21)20-8-15(14-4-5-14)16(9-20)19(22)23/h6-7,14-16H,4-5,8-10H2,1-3H3,(H,22,23)/t15-,16+/m1/s1. The number of carboxylic acid groups (broad SMARTS) is 1. The van der Waals surface area contributed by atoms with Gasteiger partial charge >= 0.3 is 5.97 Å². The Hall–Kier alpha value is -2.04. The summed E-state index contributed by atoms with van der Waals surface area (Å²) in [6.45, 7) is 6.80. The van der Waals surface area contributed by atoms with Crippen molar-refractivity contribution in [2.24, 2.45) is 17.8 Å². The number of likely N-dealkylation sites (tertiary alicyclic amines) is 1. The average molecular weight is 331 g/mol. The van der Waals surface area contributed by atoms with Gasteiger partial charge in [0.15, 0.2) is 6.61 Å². The molecule has 5 heteroatoms. The maximum Gasteiger partial charge on any atom is 0.308 e. The van der Waals surface area contributed by atoms with Crippen molar-refractivity contribution in [3.8, 4) is 5.75 Å². The molecule has 130 valence electrons. The number of hydrogen-bond acceptors (Lipinski definition) is 3. The third-order valence-corrected chi connectivity index (χ3v) is 5.21. The van der Waals surface area contributed by atoms with Gasteiger partial charge in [-0.15, -0.1) is 0 Å². The van der Waals surface area contributed by atoms with E-state index in [0.717, 1.165) is 29.7 Å². The highest BCUT2D eigenvalue weighted by molar-refractivity contribution is 5.80. The average Bonchev–Trinajstić information content (AvgIpc) is 3.24. The molecule has 1 saturated heterocycles. The molecule has 1 N–H and O–H groups in total. The molecule has 2 atom stereocenters. The predicted molar refractivity (Wildman–Crippen MR) is 90.1 cm³/mol. The lowest BCUT2D eigenvalue weighted by molar-refractivity contribution is -0.142. The number of aliphatic carboxylic acids is 1. The molecule has 1 amide bonds. The summed E-state index contributed by atoms with van der Waals surface area (Å²) in [6, 6.07) is 4.07. The first kappa shape index (κ1) is 16.8. The zero-order valence-corrected chi connectivity index (χ0v) is 14.5. The maximum atomic E-state index is 12.5. The number of amides is 1. The van der Waals surface area contributed by atoms with Crippen LogP contribution in [0, 0.1) is 38.5 Å². The van der Waals surface area contributed by atoms with Gasteiger partial charge in [-0.3, -0.25) is 9.59 Å². The Bertz CT molecular complexity index is 642. The third kappa shape index (κ3) is 3.40. The van der Waals surface area contributed by atoms with Crippen molar-refractivity contribution in [2.45, 2.75) is 33.6 Å². The van der Waals surface area contributed by atoms with Crippen LogP contribution in [0.4, 0.5) is 0 Å². The second-order valence-electron chi connectivity index (χ2n) is 7.26. The number of carbonyl (C=O) groups is 2. The topological polar surface area (TPSA) is 66.8 Å². The molecule has 24 heavy (non-hydrogen) atoms. The first-order chi connectivity index (χ1) is 11.4. The molecule has 1 aliphatic carbocycles. The lowest BCUT2D eigenvalue weighted by Gasteiger charge is -2.18. The van der Waals surface area contributed by atoms with E-state index in [1.165, 1.54) is 5.56 Å². The Morgan fingerprint density at radius 3 is 2.33 bits per heavy atom. The minimum atomic E-state index is -0.784. The van der Waals surface area contributed by atoms with Crippen molar-refractivity contribution < 1.29 is 19.4 Å². The van der Waals surface area contributed by atoms with Gasteiger partial charge in [0.2, 0.25) is 0 Å². The quantitative estimate of drug-likeness (QED) is 0.900. The fourth-order valence-electron chi connectivity index (χ4n) is 3.92. The molecule has 1 aliphatic heterocycles. The first-order valence-corrected chi connectivity index (χ1v) is 8.58. The normalized spacial score (nSPS) is 23.4. The van der Waals surface area contributed by atoms with Crippen molar-refractivity contribution in [3.63, 3.8) is 0 Å². The van der Waals surface area contributed by atoms with Gasteiger partial charge < -0.3 is 14.7 Å². The zero-order chi connectivity index (χ0) is 17.4. The Morgan fingerprint density at radius 2 is 1.79 bits per heavy atom. The van der Waals surface area contributed by atoms with Gasteiger partial charge in [0.1, 0.15) is 5.75 Å². The minimum Gasteiger partial charge on any atom is -0.483 e. The molecule has 0 bridgehead atoms. The van der Waals surface area contributed by atoms with Crippen LogP contribution in [0.15, 0.2) is 12.1 Å². The number of aryl methyl sites for hydroxylation is 3. The molecule has 3 rings (SSSR count). The smallest absolute Gasteiger partial charge is 0.308 e. The van der Waals surface area contributed by atoms with E-state index in [-0.39, 0.29) is 18.4 Å². The van der Waals surface area contributed by atoms with E-state index in [0.29, 0.717) is 19.0 Å². The van der Waals surface area contributed by atoms with Crippen molar-refractivity contribution in [1.29, 1.82) is 0 Å². The SMILES string of the molecule is Cc1cc(C)c(OCC(=O)N2C[C@H](C(=O)O)[C@@H](C3CC3)C2)c(C)c1. The van der Waals surface area contributed by atoms with Gasteiger partial charge in [-0.2, -0.15) is 0 Å². The highest BCUT2D eigenvalue weighted by atomic mass is 16.5. The molecule has 1 aromatic carbocycles. The summed E-state index contributed by atoms with van der Waals surface area (Å²) in [5, 5.41) is 9.40. The molecule has 1 saturated carbocycles. The largest absolute Gasteiger partial charge is 0.483 e. The predicted octanol–water partition coefficient (Wildman–Crippen LogP) is 2.56.